The Balaban J connectivity index is 0.00000361. The van der Waals surface area contributed by atoms with Gasteiger partial charge in [-0.3, -0.25) is 9.98 Å². The first-order valence-electron chi connectivity index (χ1n) is 6.25. The van der Waals surface area contributed by atoms with Gasteiger partial charge >= 0.3 is 0 Å². The topological polar surface area (TPSA) is 67.8 Å². The summed E-state index contributed by atoms with van der Waals surface area (Å²) in [5.41, 5.74) is 0. The lowest BCUT2D eigenvalue weighted by molar-refractivity contribution is 0.179. The zero-order chi connectivity index (χ0) is 13.9. The Kier molecular flexibility index (Phi) is 11.1. The van der Waals surface area contributed by atoms with Gasteiger partial charge in [0.25, 0.3) is 0 Å². The van der Waals surface area contributed by atoms with E-state index in [1.807, 2.05) is 19.1 Å². The second-order valence-corrected chi connectivity index (χ2v) is 4.04. The summed E-state index contributed by atoms with van der Waals surface area (Å²) in [5.74, 6) is 1.50. The number of hydrogen-bond donors (Lipinski definition) is 2. The molecule has 0 aliphatic rings. The Morgan fingerprint density at radius 2 is 2.30 bits per heavy atom. The smallest absolute Gasteiger partial charge is 0.191 e. The molecule has 0 spiro atoms. The zero-order valence-electron chi connectivity index (χ0n) is 12.1. The molecule has 7 heteroatoms. The number of rotatable bonds is 7. The first-order valence-corrected chi connectivity index (χ1v) is 6.25. The summed E-state index contributed by atoms with van der Waals surface area (Å²) in [6, 6.07) is 3.92. The maximum absolute atomic E-state index is 5.52. The molecule has 0 amide bonds. The van der Waals surface area contributed by atoms with Crippen molar-refractivity contribution in [3.05, 3.63) is 24.5 Å². The number of pyridine rings is 1. The van der Waals surface area contributed by atoms with E-state index in [2.05, 4.69) is 20.6 Å². The Morgan fingerprint density at radius 3 is 2.90 bits per heavy atom. The van der Waals surface area contributed by atoms with E-state index < -0.39 is 0 Å². The third-order valence-corrected chi connectivity index (χ3v) is 2.32. The number of nitrogens with zero attached hydrogens (tertiary/aromatic N) is 2. The van der Waals surface area contributed by atoms with Gasteiger partial charge in [0.2, 0.25) is 0 Å². The lowest BCUT2D eigenvalue weighted by Gasteiger charge is -2.17. The summed E-state index contributed by atoms with van der Waals surface area (Å²) < 4.78 is 10.6. The quantitative estimate of drug-likeness (QED) is 0.316. The van der Waals surface area contributed by atoms with Crippen LogP contribution in [0.1, 0.15) is 6.92 Å². The predicted octanol–water partition coefficient (Wildman–Crippen LogP) is 1.28. The number of guanidine groups is 1. The molecule has 1 aromatic heterocycles. The minimum atomic E-state index is 0. The van der Waals surface area contributed by atoms with Crippen molar-refractivity contribution in [2.75, 3.05) is 33.9 Å². The first-order chi connectivity index (χ1) is 9.26. The third-order valence-electron chi connectivity index (χ3n) is 2.32. The zero-order valence-corrected chi connectivity index (χ0v) is 14.5. The molecule has 1 rings (SSSR count). The van der Waals surface area contributed by atoms with Gasteiger partial charge in [0.15, 0.2) is 5.96 Å². The highest BCUT2D eigenvalue weighted by atomic mass is 127. The second kappa shape index (κ2) is 11.7. The van der Waals surface area contributed by atoms with Crippen LogP contribution in [0.5, 0.6) is 5.75 Å². The molecule has 0 radical (unpaired) electrons. The summed E-state index contributed by atoms with van der Waals surface area (Å²) in [4.78, 5) is 8.10. The van der Waals surface area contributed by atoms with Crippen LogP contribution < -0.4 is 15.4 Å². The highest BCUT2D eigenvalue weighted by molar-refractivity contribution is 14.0. The fourth-order valence-electron chi connectivity index (χ4n) is 1.49. The Bertz CT molecular complexity index is 376. The molecule has 0 bridgehead atoms. The molecule has 0 aliphatic carbocycles. The lowest BCUT2D eigenvalue weighted by atomic mass is 10.4. The molecule has 0 saturated carbocycles. The predicted molar refractivity (Wildman–Crippen MR) is 91.0 cm³/mol. The highest BCUT2D eigenvalue weighted by Gasteiger charge is 2.03. The average Bonchev–Trinajstić information content (AvgIpc) is 2.43. The number of aliphatic imine (C=N–C) groups is 1. The molecule has 0 aromatic carbocycles. The maximum atomic E-state index is 5.52. The molecule has 1 aromatic rings. The van der Waals surface area contributed by atoms with Crippen LogP contribution in [-0.4, -0.2) is 50.9 Å². The molecule has 1 atom stereocenters. The molecule has 114 valence electrons. The minimum Gasteiger partial charge on any atom is -0.490 e. The SMILES string of the molecule is CN=C(NCCOc1cccnc1)NC(C)COC.I. The summed E-state index contributed by atoms with van der Waals surface area (Å²) in [6.45, 7) is 3.87. The van der Waals surface area contributed by atoms with E-state index in [-0.39, 0.29) is 30.0 Å². The van der Waals surface area contributed by atoms with Crippen molar-refractivity contribution in [1.29, 1.82) is 0 Å². The molecule has 1 heterocycles. The molecule has 6 nitrogen and oxygen atoms in total. The van der Waals surface area contributed by atoms with Crippen LogP contribution in [0.3, 0.4) is 0 Å². The van der Waals surface area contributed by atoms with Crippen molar-refractivity contribution in [3.8, 4) is 5.75 Å². The van der Waals surface area contributed by atoms with E-state index in [1.54, 1.807) is 26.6 Å². The molecule has 0 saturated heterocycles. The van der Waals surface area contributed by atoms with Crippen LogP contribution in [0, 0.1) is 0 Å². The minimum absolute atomic E-state index is 0. The fraction of sp³-hybridized carbons (Fsp3) is 0.538. The highest BCUT2D eigenvalue weighted by Crippen LogP contribution is 2.04. The number of ether oxygens (including phenoxy) is 2. The van der Waals surface area contributed by atoms with Crippen molar-refractivity contribution < 1.29 is 9.47 Å². The Morgan fingerprint density at radius 1 is 1.50 bits per heavy atom. The van der Waals surface area contributed by atoms with Crippen LogP contribution in [-0.2, 0) is 4.74 Å². The monoisotopic (exact) mass is 394 g/mol. The van der Waals surface area contributed by atoms with Gasteiger partial charge in [-0.2, -0.15) is 0 Å². The van der Waals surface area contributed by atoms with Crippen molar-refractivity contribution in [2.24, 2.45) is 4.99 Å². The van der Waals surface area contributed by atoms with Crippen LogP contribution in [0.25, 0.3) is 0 Å². The number of hydrogen-bond acceptors (Lipinski definition) is 4. The van der Waals surface area contributed by atoms with Gasteiger partial charge in [-0.05, 0) is 19.1 Å². The van der Waals surface area contributed by atoms with Crippen molar-refractivity contribution >= 4 is 29.9 Å². The molecule has 0 fully saturated rings. The Hall–Kier alpha value is -1.09. The van der Waals surface area contributed by atoms with Gasteiger partial charge in [0.1, 0.15) is 12.4 Å². The maximum Gasteiger partial charge on any atom is 0.191 e. The van der Waals surface area contributed by atoms with E-state index in [0.29, 0.717) is 19.8 Å². The summed E-state index contributed by atoms with van der Waals surface area (Å²) in [7, 11) is 3.41. The number of methoxy groups -OCH3 is 1. The van der Waals surface area contributed by atoms with Crippen LogP contribution >= 0.6 is 24.0 Å². The van der Waals surface area contributed by atoms with E-state index in [9.17, 15) is 0 Å². The molecular formula is C13H23IN4O2. The lowest BCUT2D eigenvalue weighted by Crippen LogP contribution is -2.45. The molecule has 0 aliphatic heterocycles. The molecule has 20 heavy (non-hydrogen) atoms. The summed E-state index contributed by atoms with van der Waals surface area (Å²) >= 11 is 0. The van der Waals surface area contributed by atoms with Crippen LogP contribution in [0.4, 0.5) is 0 Å². The van der Waals surface area contributed by atoms with Crippen molar-refractivity contribution in [1.82, 2.24) is 15.6 Å². The average molecular weight is 394 g/mol. The fourth-order valence-corrected chi connectivity index (χ4v) is 1.49. The summed E-state index contributed by atoms with van der Waals surface area (Å²) in [5, 5.41) is 6.38. The largest absolute Gasteiger partial charge is 0.490 e. The number of nitrogens with one attached hydrogen (secondary N) is 2. The normalized spacial score (nSPS) is 12.2. The van der Waals surface area contributed by atoms with Crippen LogP contribution in [0.15, 0.2) is 29.5 Å². The first kappa shape index (κ1) is 18.9. The van der Waals surface area contributed by atoms with E-state index in [4.69, 9.17) is 9.47 Å². The second-order valence-electron chi connectivity index (χ2n) is 4.04. The van der Waals surface area contributed by atoms with Gasteiger partial charge in [0, 0.05) is 26.4 Å². The van der Waals surface area contributed by atoms with Gasteiger partial charge in [-0.15, -0.1) is 24.0 Å². The van der Waals surface area contributed by atoms with Gasteiger partial charge in [0.05, 0.1) is 19.3 Å². The summed E-state index contributed by atoms with van der Waals surface area (Å²) in [6.07, 6.45) is 3.40. The Labute approximate surface area is 137 Å². The van der Waals surface area contributed by atoms with E-state index in [1.165, 1.54) is 0 Å². The third kappa shape index (κ3) is 8.16. The molecular weight excluding hydrogens is 371 g/mol. The van der Waals surface area contributed by atoms with E-state index in [0.717, 1.165) is 11.7 Å². The number of aromatic nitrogens is 1. The van der Waals surface area contributed by atoms with Crippen LogP contribution in [0.2, 0.25) is 0 Å². The molecule has 1 unspecified atom stereocenters. The standard InChI is InChI=1S/C13H22N4O2.HI/c1-11(10-18-3)17-13(14-2)16-7-8-19-12-5-4-6-15-9-12;/h4-6,9,11H,7-8,10H2,1-3H3,(H2,14,16,17);1H. The van der Waals surface area contributed by atoms with Gasteiger partial charge in [-0.1, -0.05) is 0 Å². The van der Waals surface area contributed by atoms with Crippen molar-refractivity contribution in [3.63, 3.8) is 0 Å². The van der Waals surface area contributed by atoms with Crippen molar-refractivity contribution in [2.45, 2.75) is 13.0 Å². The van der Waals surface area contributed by atoms with Gasteiger partial charge in [-0.25, -0.2) is 0 Å². The van der Waals surface area contributed by atoms with E-state index >= 15 is 0 Å². The van der Waals surface area contributed by atoms with Gasteiger partial charge < -0.3 is 20.1 Å². The molecule has 2 N–H and O–H groups in total. The number of halogens is 1.